The molecular weight excluding hydrogens is 294 g/mol. The van der Waals surface area contributed by atoms with Gasteiger partial charge in [0.2, 0.25) is 10.0 Å². The fourth-order valence-electron chi connectivity index (χ4n) is 2.66. The lowest BCUT2D eigenvalue weighted by molar-refractivity contribution is 0.00976. The lowest BCUT2D eigenvalue weighted by Crippen LogP contribution is -2.41. The van der Waals surface area contributed by atoms with Gasteiger partial charge in [-0.25, -0.2) is 17.7 Å². The van der Waals surface area contributed by atoms with Gasteiger partial charge >= 0.3 is 0 Å². The molecule has 0 radical (unpaired) electrons. The molecule has 7 nitrogen and oxygen atoms in total. The Morgan fingerprint density at radius 1 is 1.19 bits per heavy atom. The highest BCUT2D eigenvalue weighted by Crippen LogP contribution is 2.46. The maximum Gasteiger partial charge on any atom is 0.215 e. The summed E-state index contributed by atoms with van der Waals surface area (Å²) in [6.07, 6.45) is 4.90. The van der Waals surface area contributed by atoms with Gasteiger partial charge in [-0.3, -0.25) is 0 Å². The van der Waals surface area contributed by atoms with Gasteiger partial charge in [0.05, 0.1) is 25.3 Å². The van der Waals surface area contributed by atoms with Crippen molar-refractivity contribution in [3.8, 4) is 0 Å². The Balaban J connectivity index is 2.11. The van der Waals surface area contributed by atoms with E-state index in [0.717, 1.165) is 0 Å². The summed E-state index contributed by atoms with van der Waals surface area (Å²) in [5.41, 5.74) is -1.27. The minimum absolute atomic E-state index is 0.0215. The second kappa shape index (κ2) is 5.68. The molecular formula is C13H23N3O4S. The predicted molar refractivity (Wildman–Crippen MR) is 78.0 cm³/mol. The molecule has 2 atom stereocenters. The third kappa shape index (κ3) is 2.98. The molecule has 1 aliphatic rings. The molecule has 0 unspecified atom stereocenters. The van der Waals surface area contributed by atoms with E-state index in [2.05, 4.69) is 4.98 Å². The molecule has 2 rings (SSSR count). The molecule has 8 heteroatoms. The molecule has 21 heavy (non-hydrogen) atoms. The molecule has 2 heterocycles. The average Bonchev–Trinajstić information content (AvgIpc) is 3.05. The van der Waals surface area contributed by atoms with Crippen molar-refractivity contribution in [1.82, 2.24) is 13.9 Å². The second-order valence-electron chi connectivity index (χ2n) is 6.32. The number of sulfonamides is 1. The van der Waals surface area contributed by atoms with E-state index in [-0.39, 0.29) is 32.1 Å². The van der Waals surface area contributed by atoms with Crippen LogP contribution in [0.3, 0.4) is 0 Å². The first-order valence-corrected chi connectivity index (χ1v) is 8.53. The summed E-state index contributed by atoms with van der Waals surface area (Å²) in [5.74, 6) is -0.0215. The highest BCUT2D eigenvalue weighted by molar-refractivity contribution is 7.89. The summed E-state index contributed by atoms with van der Waals surface area (Å²) in [5, 5.41) is 19.2. The van der Waals surface area contributed by atoms with Crippen LogP contribution in [0.5, 0.6) is 0 Å². The maximum atomic E-state index is 12.5. The molecule has 0 aromatic carbocycles. The first-order chi connectivity index (χ1) is 9.76. The first kappa shape index (κ1) is 16.4. The van der Waals surface area contributed by atoms with Crippen LogP contribution >= 0.6 is 0 Å². The Bertz CT molecular complexity index is 556. The molecule has 120 valence electrons. The van der Waals surface area contributed by atoms with Crippen molar-refractivity contribution in [2.45, 2.75) is 20.4 Å². The Hall–Kier alpha value is -0.960. The third-order valence-corrected chi connectivity index (χ3v) is 6.51. The van der Waals surface area contributed by atoms with Crippen LogP contribution in [0, 0.1) is 10.8 Å². The van der Waals surface area contributed by atoms with Crippen molar-refractivity contribution in [1.29, 1.82) is 0 Å². The number of rotatable bonds is 6. The molecule has 0 aliphatic carbocycles. The molecule has 1 aromatic heterocycles. The smallest absolute Gasteiger partial charge is 0.215 e. The van der Waals surface area contributed by atoms with Gasteiger partial charge in [0, 0.05) is 42.9 Å². The van der Waals surface area contributed by atoms with Crippen LogP contribution in [-0.2, 0) is 16.6 Å². The summed E-state index contributed by atoms with van der Waals surface area (Å²) in [4.78, 5) is 3.88. The fourth-order valence-corrected chi connectivity index (χ4v) is 4.33. The van der Waals surface area contributed by atoms with Gasteiger partial charge in [-0.2, -0.15) is 0 Å². The maximum absolute atomic E-state index is 12.5. The van der Waals surface area contributed by atoms with E-state index in [1.165, 1.54) is 4.31 Å². The Morgan fingerprint density at radius 3 is 2.19 bits per heavy atom. The third-order valence-electron chi connectivity index (χ3n) is 4.77. The summed E-state index contributed by atoms with van der Waals surface area (Å²) in [6, 6.07) is 0. The fraction of sp³-hybridized carbons (Fsp3) is 0.769. The van der Waals surface area contributed by atoms with E-state index in [1.54, 1.807) is 23.3 Å². The van der Waals surface area contributed by atoms with E-state index in [9.17, 15) is 18.6 Å². The number of aromatic nitrogens is 2. The van der Waals surface area contributed by atoms with Gasteiger partial charge in [0.15, 0.2) is 0 Å². The largest absolute Gasteiger partial charge is 0.396 e. The van der Waals surface area contributed by atoms with E-state index in [4.69, 9.17) is 0 Å². The quantitative estimate of drug-likeness (QED) is 0.739. The van der Waals surface area contributed by atoms with Crippen LogP contribution in [0.15, 0.2) is 18.7 Å². The Labute approximate surface area is 125 Å². The van der Waals surface area contributed by atoms with Crippen molar-refractivity contribution in [3.05, 3.63) is 18.7 Å². The van der Waals surface area contributed by atoms with Crippen LogP contribution in [0.25, 0.3) is 0 Å². The van der Waals surface area contributed by atoms with Gasteiger partial charge in [-0.1, -0.05) is 13.8 Å². The zero-order chi connectivity index (χ0) is 15.7. The highest BCUT2D eigenvalue weighted by atomic mass is 32.2. The van der Waals surface area contributed by atoms with Gasteiger partial charge in [-0.15, -0.1) is 0 Å². The lowest BCUT2D eigenvalue weighted by Gasteiger charge is -2.36. The normalized spacial score (nSPS) is 30.9. The molecule has 2 N–H and O–H groups in total. The number of hydrogen-bond donors (Lipinski definition) is 2. The van der Waals surface area contributed by atoms with Gasteiger partial charge in [0.1, 0.15) is 0 Å². The van der Waals surface area contributed by atoms with Crippen molar-refractivity contribution >= 4 is 10.0 Å². The van der Waals surface area contributed by atoms with Crippen molar-refractivity contribution in [2.75, 3.05) is 32.1 Å². The zero-order valence-electron chi connectivity index (χ0n) is 12.4. The number of nitrogens with zero attached hydrogens (tertiary/aromatic N) is 3. The number of aliphatic hydroxyl groups is 2. The first-order valence-electron chi connectivity index (χ1n) is 6.92. The summed E-state index contributed by atoms with van der Waals surface area (Å²) in [6.45, 7) is 4.11. The highest BCUT2D eigenvalue weighted by Gasteiger charge is 2.54. The van der Waals surface area contributed by atoms with Crippen molar-refractivity contribution < 1.29 is 18.6 Å². The summed E-state index contributed by atoms with van der Waals surface area (Å²) >= 11 is 0. The summed E-state index contributed by atoms with van der Waals surface area (Å²) in [7, 11) is -3.44. The lowest BCUT2D eigenvalue weighted by atomic mass is 9.69. The minimum Gasteiger partial charge on any atom is -0.396 e. The molecule has 1 fully saturated rings. The molecule has 1 aliphatic heterocycles. The Morgan fingerprint density at radius 2 is 1.76 bits per heavy atom. The van der Waals surface area contributed by atoms with E-state index >= 15 is 0 Å². The van der Waals surface area contributed by atoms with Crippen molar-refractivity contribution in [3.63, 3.8) is 0 Å². The molecule has 0 saturated carbocycles. The zero-order valence-corrected chi connectivity index (χ0v) is 13.3. The van der Waals surface area contributed by atoms with E-state index < -0.39 is 20.9 Å². The van der Waals surface area contributed by atoms with Gasteiger partial charge < -0.3 is 14.8 Å². The summed E-state index contributed by atoms with van der Waals surface area (Å²) < 4.78 is 28.0. The van der Waals surface area contributed by atoms with Crippen LogP contribution in [-0.4, -0.2) is 64.5 Å². The van der Waals surface area contributed by atoms with E-state index in [1.807, 2.05) is 13.8 Å². The molecule has 0 spiro atoms. The van der Waals surface area contributed by atoms with Crippen LogP contribution in [0.4, 0.5) is 0 Å². The predicted octanol–water partition coefficient (Wildman–Crippen LogP) is -0.474. The van der Waals surface area contributed by atoms with Crippen LogP contribution in [0.1, 0.15) is 13.8 Å². The number of aryl methyl sites for hydroxylation is 1. The van der Waals surface area contributed by atoms with Crippen LogP contribution in [0.2, 0.25) is 0 Å². The monoisotopic (exact) mass is 317 g/mol. The van der Waals surface area contributed by atoms with E-state index in [0.29, 0.717) is 6.54 Å². The molecule has 1 saturated heterocycles. The second-order valence-corrected chi connectivity index (χ2v) is 8.41. The number of hydrogen-bond acceptors (Lipinski definition) is 5. The molecule has 0 bridgehead atoms. The van der Waals surface area contributed by atoms with Crippen LogP contribution < -0.4 is 0 Å². The number of imidazole rings is 1. The Kier molecular flexibility index (Phi) is 4.44. The average molecular weight is 317 g/mol. The molecule has 0 amide bonds. The molecule has 1 aromatic rings. The van der Waals surface area contributed by atoms with Gasteiger partial charge in [0.25, 0.3) is 0 Å². The topological polar surface area (TPSA) is 95.7 Å². The van der Waals surface area contributed by atoms with Gasteiger partial charge in [-0.05, 0) is 0 Å². The SMILES string of the molecule is C[C@]1(CO)CN(S(=O)(=O)CCn2ccnc2)C[C@@]1(C)CO. The minimum atomic E-state index is -3.44. The standard InChI is InChI=1S/C13H23N3O4S/c1-12(9-17)7-16(8-13(12,2)10-18)21(19,20)6-5-15-4-3-14-11-15/h3-4,11,17-18H,5-10H2,1-2H3/t12-,13+. The van der Waals surface area contributed by atoms with Crippen molar-refractivity contribution in [2.24, 2.45) is 10.8 Å². The number of aliphatic hydroxyl groups excluding tert-OH is 2.